The van der Waals surface area contributed by atoms with E-state index in [2.05, 4.69) is 25.7 Å². The highest BCUT2D eigenvalue weighted by Gasteiger charge is 2.08. The molecule has 0 spiro atoms. The Bertz CT molecular complexity index is 106. The Morgan fingerprint density at radius 1 is 1.15 bits per heavy atom. The van der Waals surface area contributed by atoms with E-state index in [-0.39, 0.29) is 6.10 Å². The first-order valence-electron chi connectivity index (χ1n) is 5.64. The van der Waals surface area contributed by atoms with E-state index < -0.39 is 0 Å². The number of hydrogen-bond acceptors (Lipinski definition) is 2. The van der Waals surface area contributed by atoms with Crippen LogP contribution in [0.2, 0.25) is 0 Å². The predicted octanol–water partition coefficient (Wildman–Crippen LogP) is 2.27. The van der Waals surface area contributed by atoms with E-state index in [0.29, 0.717) is 0 Å². The molecule has 0 aromatic rings. The number of hydrogen-bond donors (Lipinski definition) is 1. The molecule has 0 saturated heterocycles. The van der Waals surface area contributed by atoms with Gasteiger partial charge in [-0.25, -0.2) is 0 Å². The van der Waals surface area contributed by atoms with Crippen LogP contribution in [0.4, 0.5) is 0 Å². The summed E-state index contributed by atoms with van der Waals surface area (Å²) in [5.41, 5.74) is 0. The molecule has 0 heterocycles. The van der Waals surface area contributed by atoms with Crippen molar-refractivity contribution in [3.05, 3.63) is 0 Å². The summed E-state index contributed by atoms with van der Waals surface area (Å²) in [7, 11) is 0. The van der Waals surface area contributed by atoms with Gasteiger partial charge in [0.2, 0.25) is 0 Å². The molecule has 0 saturated carbocycles. The number of likely N-dealkylation sites (N-methyl/N-ethyl adjacent to an activating group) is 1. The molecule has 0 amide bonds. The highest BCUT2D eigenvalue weighted by molar-refractivity contribution is 4.62. The van der Waals surface area contributed by atoms with Gasteiger partial charge in [-0.1, -0.05) is 33.6 Å². The third-order valence-corrected chi connectivity index (χ3v) is 2.37. The lowest BCUT2D eigenvalue weighted by atomic mass is 10.2. The summed E-state index contributed by atoms with van der Waals surface area (Å²) in [4.78, 5) is 2.34. The van der Waals surface area contributed by atoms with Crippen LogP contribution >= 0.6 is 0 Å². The Hall–Kier alpha value is -0.0800. The van der Waals surface area contributed by atoms with E-state index in [0.717, 1.165) is 32.5 Å². The van der Waals surface area contributed by atoms with Gasteiger partial charge in [0.05, 0.1) is 6.10 Å². The van der Waals surface area contributed by atoms with Crippen LogP contribution in [0.15, 0.2) is 0 Å². The topological polar surface area (TPSA) is 23.5 Å². The number of unbranched alkanes of at least 4 members (excludes halogenated alkanes) is 1. The van der Waals surface area contributed by atoms with Crippen LogP contribution in [-0.4, -0.2) is 35.7 Å². The molecule has 0 fully saturated rings. The van der Waals surface area contributed by atoms with Crippen molar-refractivity contribution in [1.82, 2.24) is 4.90 Å². The van der Waals surface area contributed by atoms with Crippen LogP contribution in [-0.2, 0) is 0 Å². The average molecular weight is 187 g/mol. The summed E-state index contributed by atoms with van der Waals surface area (Å²) < 4.78 is 0. The van der Waals surface area contributed by atoms with Gasteiger partial charge in [0.25, 0.3) is 0 Å². The van der Waals surface area contributed by atoms with Crippen LogP contribution in [0.25, 0.3) is 0 Å². The van der Waals surface area contributed by atoms with Crippen molar-refractivity contribution in [2.24, 2.45) is 0 Å². The SMILES string of the molecule is CCCCN(CC)CC(O)CCC. The molecule has 0 aliphatic carbocycles. The summed E-state index contributed by atoms with van der Waals surface area (Å²) in [6.45, 7) is 9.52. The Balaban J connectivity index is 3.56. The zero-order chi connectivity index (χ0) is 10.1. The van der Waals surface area contributed by atoms with Crippen molar-refractivity contribution in [3.63, 3.8) is 0 Å². The van der Waals surface area contributed by atoms with Gasteiger partial charge >= 0.3 is 0 Å². The summed E-state index contributed by atoms with van der Waals surface area (Å²) in [5, 5.41) is 9.61. The van der Waals surface area contributed by atoms with Gasteiger partial charge < -0.3 is 10.0 Å². The molecule has 2 heteroatoms. The number of rotatable bonds is 8. The maximum Gasteiger partial charge on any atom is 0.0667 e. The molecule has 0 bridgehead atoms. The second-order valence-corrected chi connectivity index (χ2v) is 3.69. The Morgan fingerprint density at radius 3 is 2.31 bits per heavy atom. The number of aliphatic hydroxyl groups excluding tert-OH is 1. The highest BCUT2D eigenvalue weighted by atomic mass is 16.3. The zero-order valence-corrected chi connectivity index (χ0v) is 9.42. The van der Waals surface area contributed by atoms with Gasteiger partial charge in [-0.05, 0) is 25.9 Å². The Kier molecular flexibility index (Phi) is 8.46. The molecule has 1 N–H and O–H groups in total. The second-order valence-electron chi connectivity index (χ2n) is 3.69. The van der Waals surface area contributed by atoms with Crippen molar-refractivity contribution in [2.45, 2.75) is 52.6 Å². The third kappa shape index (κ3) is 7.03. The predicted molar refractivity (Wildman–Crippen MR) is 57.9 cm³/mol. The smallest absolute Gasteiger partial charge is 0.0667 e. The first-order chi connectivity index (χ1) is 6.24. The number of aliphatic hydroxyl groups is 1. The van der Waals surface area contributed by atoms with E-state index in [1.54, 1.807) is 0 Å². The molecule has 0 aromatic carbocycles. The van der Waals surface area contributed by atoms with Crippen molar-refractivity contribution in [3.8, 4) is 0 Å². The van der Waals surface area contributed by atoms with Gasteiger partial charge in [-0.2, -0.15) is 0 Å². The van der Waals surface area contributed by atoms with E-state index in [4.69, 9.17) is 0 Å². The van der Waals surface area contributed by atoms with Crippen LogP contribution in [0, 0.1) is 0 Å². The largest absolute Gasteiger partial charge is 0.392 e. The summed E-state index contributed by atoms with van der Waals surface area (Å²) >= 11 is 0. The normalized spacial score (nSPS) is 13.6. The molecule has 13 heavy (non-hydrogen) atoms. The van der Waals surface area contributed by atoms with Crippen LogP contribution in [0.5, 0.6) is 0 Å². The molecule has 2 nitrogen and oxygen atoms in total. The van der Waals surface area contributed by atoms with Crippen molar-refractivity contribution >= 4 is 0 Å². The van der Waals surface area contributed by atoms with E-state index in [9.17, 15) is 5.11 Å². The van der Waals surface area contributed by atoms with Crippen LogP contribution in [0.1, 0.15) is 46.5 Å². The van der Waals surface area contributed by atoms with E-state index in [1.165, 1.54) is 12.8 Å². The maximum atomic E-state index is 9.61. The molecule has 0 aliphatic heterocycles. The zero-order valence-electron chi connectivity index (χ0n) is 9.42. The minimum absolute atomic E-state index is 0.123. The Labute approximate surface area is 82.9 Å². The van der Waals surface area contributed by atoms with Crippen molar-refractivity contribution in [2.75, 3.05) is 19.6 Å². The fourth-order valence-electron chi connectivity index (χ4n) is 1.48. The fourth-order valence-corrected chi connectivity index (χ4v) is 1.48. The quantitative estimate of drug-likeness (QED) is 0.630. The summed E-state index contributed by atoms with van der Waals surface area (Å²) in [5.74, 6) is 0. The van der Waals surface area contributed by atoms with Crippen LogP contribution < -0.4 is 0 Å². The van der Waals surface area contributed by atoms with Gasteiger partial charge in [0.1, 0.15) is 0 Å². The highest BCUT2D eigenvalue weighted by Crippen LogP contribution is 2.01. The standard InChI is InChI=1S/C11H25NO/c1-4-7-9-12(6-3)10-11(13)8-5-2/h11,13H,4-10H2,1-3H3. The fraction of sp³-hybridized carbons (Fsp3) is 1.00. The molecule has 0 aromatic heterocycles. The molecule has 1 atom stereocenters. The van der Waals surface area contributed by atoms with Crippen molar-refractivity contribution in [1.29, 1.82) is 0 Å². The monoisotopic (exact) mass is 187 g/mol. The molecule has 0 radical (unpaired) electrons. The first kappa shape index (κ1) is 12.9. The number of nitrogens with zero attached hydrogens (tertiary/aromatic N) is 1. The molecule has 0 aliphatic rings. The van der Waals surface area contributed by atoms with Gasteiger partial charge in [0, 0.05) is 6.54 Å². The lowest BCUT2D eigenvalue weighted by Crippen LogP contribution is -2.33. The summed E-state index contributed by atoms with van der Waals surface area (Å²) in [6, 6.07) is 0. The first-order valence-corrected chi connectivity index (χ1v) is 5.64. The summed E-state index contributed by atoms with van der Waals surface area (Å²) in [6.07, 6.45) is 4.36. The van der Waals surface area contributed by atoms with Gasteiger partial charge in [0.15, 0.2) is 0 Å². The van der Waals surface area contributed by atoms with E-state index in [1.807, 2.05) is 0 Å². The molecular weight excluding hydrogens is 162 g/mol. The third-order valence-electron chi connectivity index (χ3n) is 2.37. The van der Waals surface area contributed by atoms with E-state index >= 15 is 0 Å². The molecule has 0 rings (SSSR count). The van der Waals surface area contributed by atoms with Gasteiger partial charge in [-0.3, -0.25) is 0 Å². The van der Waals surface area contributed by atoms with Gasteiger partial charge in [-0.15, -0.1) is 0 Å². The lowest BCUT2D eigenvalue weighted by Gasteiger charge is -2.23. The lowest BCUT2D eigenvalue weighted by molar-refractivity contribution is 0.106. The minimum Gasteiger partial charge on any atom is -0.392 e. The average Bonchev–Trinajstić information content (AvgIpc) is 2.12. The van der Waals surface area contributed by atoms with Crippen molar-refractivity contribution < 1.29 is 5.11 Å². The molecular formula is C11H25NO. The minimum atomic E-state index is -0.123. The van der Waals surface area contributed by atoms with Crippen LogP contribution in [0.3, 0.4) is 0 Å². The molecule has 1 unspecified atom stereocenters. The maximum absolute atomic E-state index is 9.61. The molecule has 80 valence electrons. The second kappa shape index (κ2) is 8.52. The Morgan fingerprint density at radius 2 is 1.85 bits per heavy atom.